The summed E-state index contributed by atoms with van der Waals surface area (Å²) >= 11 is 0. The minimum atomic E-state index is -0.790. The van der Waals surface area contributed by atoms with Gasteiger partial charge in [-0.3, -0.25) is 0 Å². The molecule has 2 saturated carbocycles. The Balaban J connectivity index is 1.40. The molecule has 0 radical (unpaired) electrons. The predicted molar refractivity (Wildman–Crippen MR) is 139 cm³/mol. The topological polar surface area (TPSA) is 9.23 Å². The van der Waals surface area contributed by atoms with Gasteiger partial charge in [0.15, 0.2) is 11.6 Å². The Morgan fingerprint density at radius 2 is 1.41 bits per heavy atom. The molecule has 1 aromatic rings. The van der Waals surface area contributed by atoms with Crippen LogP contribution in [0.4, 0.5) is 8.78 Å². The van der Waals surface area contributed by atoms with E-state index >= 15 is 0 Å². The first-order valence-electron chi connectivity index (χ1n) is 14.4. The molecule has 0 saturated heterocycles. The third-order valence-electron chi connectivity index (χ3n) is 8.56. The Hall–Kier alpha value is -1.38. The van der Waals surface area contributed by atoms with Crippen molar-refractivity contribution in [1.82, 2.24) is 0 Å². The molecule has 0 aromatic heterocycles. The Morgan fingerprint density at radius 1 is 0.794 bits per heavy atom. The van der Waals surface area contributed by atoms with Crippen molar-refractivity contribution in [2.75, 3.05) is 6.61 Å². The van der Waals surface area contributed by atoms with Crippen LogP contribution >= 0.6 is 0 Å². The lowest BCUT2D eigenvalue weighted by Gasteiger charge is -2.38. The number of halogens is 2. The van der Waals surface area contributed by atoms with Crippen molar-refractivity contribution in [3.63, 3.8) is 0 Å². The maximum atomic E-state index is 14.9. The fourth-order valence-corrected chi connectivity index (χ4v) is 6.34. The maximum Gasteiger partial charge on any atom is 0.200 e. The second-order valence-electron chi connectivity index (χ2n) is 10.9. The molecule has 2 aliphatic carbocycles. The molecule has 3 rings (SSSR count). The number of hydrogen-bond donors (Lipinski definition) is 0. The molecule has 0 atom stereocenters. The van der Waals surface area contributed by atoms with Crippen molar-refractivity contribution in [2.24, 2.45) is 17.8 Å². The second kappa shape index (κ2) is 14.9. The average Bonchev–Trinajstić information content (AvgIpc) is 2.87. The molecule has 2 fully saturated rings. The highest BCUT2D eigenvalue weighted by Gasteiger charge is 2.32. The van der Waals surface area contributed by atoms with Crippen LogP contribution < -0.4 is 4.74 Å². The molecule has 0 spiro atoms. The lowest BCUT2D eigenvalue weighted by molar-refractivity contribution is 0.160. The van der Waals surface area contributed by atoms with E-state index in [1.165, 1.54) is 64.2 Å². The molecule has 2 aliphatic rings. The number of unbranched alkanes of at least 4 members (excludes halogenated alkanes) is 6. The van der Waals surface area contributed by atoms with Crippen LogP contribution in [0.3, 0.4) is 0 Å². The van der Waals surface area contributed by atoms with Gasteiger partial charge in [-0.05, 0) is 106 Å². The molecule has 0 unspecified atom stereocenters. The Bertz CT molecular complexity index is 727. The van der Waals surface area contributed by atoms with Crippen molar-refractivity contribution in [1.29, 1.82) is 0 Å². The van der Waals surface area contributed by atoms with Gasteiger partial charge >= 0.3 is 0 Å². The molecule has 0 N–H and O–H groups in total. The lowest BCUT2D eigenvalue weighted by atomic mass is 9.68. The Kier molecular flexibility index (Phi) is 11.9. The largest absolute Gasteiger partial charge is 0.490 e. The number of rotatable bonds is 13. The summed E-state index contributed by atoms with van der Waals surface area (Å²) in [4.78, 5) is 0. The van der Waals surface area contributed by atoms with Gasteiger partial charge < -0.3 is 4.74 Å². The van der Waals surface area contributed by atoms with Gasteiger partial charge in [-0.1, -0.05) is 63.7 Å². The summed E-state index contributed by atoms with van der Waals surface area (Å²) in [5.74, 6) is 1.24. The monoisotopic (exact) mass is 474 g/mol. The van der Waals surface area contributed by atoms with E-state index in [2.05, 4.69) is 26.0 Å². The van der Waals surface area contributed by atoms with Crippen LogP contribution in [0.15, 0.2) is 24.3 Å². The Labute approximate surface area is 207 Å². The number of allylic oxidation sites excluding steroid dienone is 2. The zero-order valence-corrected chi connectivity index (χ0v) is 21.8. The van der Waals surface area contributed by atoms with E-state index in [4.69, 9.17) is 4.74 Å². The van der Waals surface area contributed by atoms with Crippen molar-refractivity contribution in [3.05, 3.63) is 41.5 Å². The van der Waals surface area contributed by atoms with E-state index < -0.39 is 11.6 Å². The van der Waals surface area contributed by atoms with Crippen molar-refractivity contribution in [3.8, 4) is 5.75 Å². The number of hydrogen-bond acceptors (Lipinski definition) is 1. The third kappa shape index (κ3) is 8.09. The first-order valence-corrected chi connectivity index (χ1v) is 14.4. The van der Waals surface area contributed by atoms with Crippen molar-refractivity contribution in [2.45, 2.75) is 122 Å². The molecular formula is C31H48F2O. The number of ether oxygens (including phenoxy) is 1. The van der Waals surface area contributed by atoms with Gasteiger partial charge in [-0.15, -0.1) is 0 Å². The molecule has 0 amide bonds. The first kappa shape index (κ1) is 27.2. The fourth-order valence-electron chi connectivity index (χ4n) is 6.34. The quantitative estimate of drug-likeness (QED) is 0.204. The molecular weight excluding hydrogens is 426 g/mol. The molecule has 34 heavy (non-hydrogen) atoms. The van der Waals surface area contributed by atoms with Gasteiger partial charge in [0, 0.05) is 0 Å². The van der Waals surface area contributed by atoms with Gasteiger partial charge in [-0.2, -0.15) is 4.39 Å². The van der Waals surface area contributed by atoms with E-state index in [-0.39, 0.29) is 11.7 Å². The molecule has 0 bridgehead atoms. The van der Waals surface area contributed by atoms with Crippen LogP contribution in [0, 0.1) is 29.4 Å². The normalized spacial score (nSPS) is 25.6. The predicted octanol–water partition coefficient (Wildman–Crippen LogP) is 10.1. The Morgan fingerprint density at radius 3 is 2.06 bits per heavy atom. The smallest absolute Gasteiger partial charge is 0.200 e. The molecule has 3 heteroatoms. The summed E-state index contributed by atoms with van der Waals surface area (Å²) in [6, 6.07) is 3.45. The summed E-state index contributed by atoms with van der Waals surface area (Å²) in [7, 11) is 0. The summed E-state index contributed by atoms with van der Waals surface area (Å²) in [6.07, 6.45) is 23.7. The summed E-state index contributed by atoms with van der Waals surface area (Å²) in [5, 5.41) is 0. The maximum absolute atomic E-state index is 14.9. The molecule has 0 heterocycles. The van der Waals surface area contributed by atoms with Crippen LogP contribution in [0.5, 0.6) is 5.75 Å². The zero-order chi connectivity index (χ0) is 24.2. The van der Waals surface area contributed by atoms with Crippen LogP contribution in [0.1, 0.15) is 128 Å². The summed E-state index contributed by atoms with van der Waals surface area (Å²) < 4.78 is 35.2. The van der Waals surface area contributed by atoms with Gasteiger partial charge in [-0.25, -0.2) is 4.39 Å². The highest BCUT2D eigenvalue weighted by Crippen LogP contribution is 2.45. The minimum absolute atomic E-state index is 0.0793. The minimum Gasteiger partial charge on any atom is -0.490 e. The zero-order valence-electron chi connectivity index (χ0n) is 21.8. The van der Waals surface area contributed by atoms with E-state index in [0.717, 1.165) is 56.3 Å². The highest BCUT2D eigenvalue weighted by atomic mass is 19.2. The van der Waals surface area contributed by atoms with Gasteiger partial charge in [0.25, 0.3) is 0 Å². The van der Waals surface area contributed by atoms with E-state index in [1.54, 1.807) is 12.1 Å². The second-order valence-corrected chi connectivity index (χ2v) is 10.9. The summed E-state index contributed by atoms with van der Waals surface area (Å²) in [5.41, 5.74) is 0.564. The third-order valence-corrected chi connectivity index (χ3v) is 8.56. The van der Waals surface area contributed by atoms with Crippen LogP contribution in [-0.2, 0) is 0 Å². The van der Waals surface area contributed by atoms with Gasteiger partial charge in [0.2, 0.25) is 5.82 Å². The fraction of sp³-hybridized carbons (Fsp3) is 0.742. The standard InChI is InChI=1S/C31H48F2O/c1-3-5-7-8-9-10-11-23-34-29-22-21-28(30(32)31(29)33)27-19-17-26(18-20-27)25-15-13-24(14-16-25)12-6-4-2/h4,6,21-22,24-27H,3,5,7-20,23H2,1-2H3/b6-4-. The average molecular weight is 475 g/mol. The SMILES string of the molecule is C/C=C\CC1CCC(C2CCC(c3ccc(OCCCCCCCCC)c(F)c3F)CC2)CC1. The lowest BCUT2D eigenvalue weighted by Crippen LogP contribution is -2.25. The van der Waals surface area contributed by atoms with E-state index in [0.29, 0.717) is 12.2 Å². The van der Waals surface area contributed by atoms with Crippen molar-refractivity contribution >= 4 is 0 Å². The molecule has 1 nitrogen and oxygen atoms in total. The number of benzene rings is 1. The van der Waals surface area contributed by atoms with Gasteiger partial charge in [0.05, 0.1) is 6.61 Å². The van der Waals surface area contributed by atoms with Crippen LogP contribution in [0.25, 0.3) is 0 Å². The summed E-state index contributed by atoms with van der Waals surface area (Å²) in [6.45, 7) is 4.79. The van der Waals surface area contributed by atoms with E-state index in [1.807, 2.05) is 0 Å². The van der Waals surface area contributed by atoms with Crippen molar-refractivity contribution < 1.29 is 13.5 Å². The molecule has 192 valence electrons. The van der Waals surface area contributed by atoms with Gasteiger partial charge in [0.1, 0.15) is 0 Å². The van der Waals surface area contributed by atoms with Crippen LogP contribution in [-0.4, -0.2) is 6.61 Å². The first-order chi connectivity index (χ1) is 16.6. The van der Waals surface area contributed by atoms with Crippen LogP contribution in [0.2, 0.25) is 0 Å². The highest BCUT2D eigenvalue weighted by molar-refractivity contribution is 5.33. The molecule has 1 aromatic carbocycles. The molecule has 0 aliphatic heterocycles. The van der Waals surface area contributed by atoms with E-state index in [9.17, 15) is 8.78 Å².